The third-order valence-electron chi connectivity index (χ3n) is 2.39. The molecule has 0 fully saturated rings. The lowest BCUT2D eigenvalue weighted by Gasteiger charge is -2.05. The van der Waals surface area contributed by atoms with E-state index in [1.807, 2.05) is 0 Å². The van der Waals surface area contributed by atoms with E-state index >= 15 is 0 Å². The van der Waals surface area contributed by atoms with Gasteiger partial charge in [0.15, 0.2) is 5.69 Å². The van der Waals surface area contributed by atoms with Gasteiger partial charge in [-0.1, -0.05) is 0 Å². The van der Waals surface area contributed by atoms with Crippen LogP contribution in [0.3, 0.4) is 0 Å². The van der Waals surface area contributed by atoms with Crippen LogP contribution in [0.25, 0.3) is 11.4 Å². The van der Waals surface area contributed by atoms with Gasteiger partial charge in [-0.25, -0.2) is 4.98 Å². The van der Waals surface area contributed by atoms with Crippen LogP contribution < -0.4 is 5.32 Å². The Morgan fingerprint density at radius 3 is 2.71 bits per heavy atom. The van der Waals surface area contributed by atoms with Crippen LogP contribution in [0.2, 0.25) is 0 Å². The number of hydrogen-bond acceptors (Lipinski definition) is 5. The third-order valence-corrected chi connectivity index (χ3v) is 2.39. The summed E-state index contributed by atoms with van der Waals surface area (Å²) >= 11 is 0. The summed E-state index contributed by atoms with van der Waals surface area (Å²) in [5.74, 6) is 0.576. The standard InChI is InChI=1S/C10H11N5O2/c1-11-9-4-3-8(15(16)17)10(13-9)7-5-6-12-14(7)2/h3-6H,1-2H3,(H,11,13). The second-order valence-electron chi connectivity index (χ2n) is 3.41. The van der Waals surface area contributed by atoms with E-state index < -0.39 is 4.92 Å². The Morgan fingerprint density at radius 2 is 2.18 bits per heavy atom. The van der Waals surface area contributed by atoms with Crippen LogP contribution in [0, 0.1) is 10.1 Å². The molecule has 0 spiro atoms. The molecule has 0 aliphatic heterocycles. The summed E-state index contributed by atoms with van der Waals surface area (Å²) < 4.78 is 1.55. The second-order valence-corrected chi connectivity index (χ2v) is 3.41. The highest BCUT2D eigenvalue weighted by molar-refractivity contribution is 5.68. The second kappa shape index (κ2) is 4.20. The van der Waals surface area contributed by atoms with Crippen LogP contribution in [0.15, 0.2) is 24.4 Å². The summed E-state index contributed by atoms with van der Waals surface area (Å²) in [5.41, 5.74) is 0.878. The Labute approximate surface area is 97.2 Å². The molecular weight excluding hydrogens is 222 g/mol. The molecule has 88 valence electrons. The summed E-state index contributed by atoms with van der Waals surface area (Å²) in [6.45, 7) is 0. The fourth-order valence-electron chi connectivity index (χ4n) is 1.53. The zero-order valence-electron chi connectivity index (χ0n) is 9.41. The lowest BCUT2D eigenvalue weighted by atomic mass is 10.2. The topological polar surface area (TPSA) is 85.9 Å². The third kappa shape index (κ3) is 1.94. The molecule has 0 aliphatic rings. The fraction of sp³-hybridized carbons (Fsp3) is 0.200. The molecule has 0 saturated heterocycles. The molecule has 2 heterocycles. The Bertz CT molecular complexity index is 564. The van der Waals surface area contributed by atoms with Crippen LogP contribution in [0.1, 0.15) is 0 Å². The average Bonchev–Trinajstić information content (AvgIpc) is 2.74. The van der Waals surface area contributed by atoms with Crippen LogP contribution in [-0.4, -0.2) is 26.7 Å². The van der Waals surface area contributed by atoms with Crippen molar-refractivity contribution in [2.24, 2.45) is 7.05 Å². The predicted molar refractivity (Wildman–Crippen MR) is 62.6 cm³/mol. The van der Waals surface area contributed by atoms with Gasteiger partial charge < -0.3 is 5.32 Å². The average molecular weight is 233 g/mol. The summed E-state index contributed by atoms with van der Waals surface area (Å²) in [5, 5.41) is 17.8. The molecule has 0 aliphatic carbocycles. The lowest BCUT2D eigenvalue weighted by Crippen LogP contribution is -2.02. The Hall–Kier alpha value is -2.44. The molecule has 0 aromatic carbocycles. The van der Waals surface area contributed by atoms with E-state index in [2.05, 4.69) is 15.4 Å². The largest absolute Gasteiger partial charge is 0.373 e. The minimum absolute atomic E-state index is 0.0346. The molecule has 2 rings (SSSR count). The van der Waals surface area contributed by atoms with Crippen molar-refractivity contribution in [1.82, 2.24) is 14.8 Å². The van der Waals surface area contributed by atoms with E-state index in [0.717, 1.165) is 0 Å². The number of hydrogen-bond donors (Lipinski definition) is 1. The van der Waals surface area contributed by atoms with E-state index in [0.29, 0.717) is 17.2 Å². The molecule has 2 aromatic heterocycles. The molecule has 0 bridgehead atoms. The van der Waals surface area contributed by atoms with Crippen molar-refractivity contribution in [3.8, 4) is 11.4 Å². The number of anilines is 1. The molecule has 0 amide bonds. The highest BCUT2D eigenvalue weighted by Gasteiger charge is 2.19. The normalized spacial score (nSPS) is 10.2. The first-order valence-corrected chi connectivity index (χ1v) is 4.95. The minimum Gasteiger partial charge on any atom is -0.373 e. The maximum absolute atomic E-state index is 10.9. The van der Waals surface area contributed by atoms with Gasteiger partial charge in [0.25, 0.3) is 5.69 Å². The highest BCUT2D eigenvalue weighted by atomic mass is 16.6. The van der Waals surface area contributed by atoms with E-state index in [9.17, 15) is 10.1 Å². The van der Waals surface area contributed by atoms with E-state index in [4.69, 9.17) is 0 Å². The molecule has 0 atom stereocenters. The summed E-state index contributed by atoms with van der Waals surface area (Å²) in [6.07, 6.45) is 1.58. The smallest absolute Gasteiger partial charge is 0.297 e. The van der Waals surface area contributed by atoms with Crippen LogP contribution in [0.5, 0.6) is 0 Å². The van der Waals surface area contributed by atoms with Crippen molar-refractivity contribution in [3.63, 3.8) is 0 Å². The number of nitrogens with one attached hydrogen (secondary N) is 1. The lowest BCUT2D eigenvalue weighted by molar-refractivity contribution is -0.384. The zero-order chi connectivity index (χ0) is 12.4. The van der Waals surface area contributed by atoms with E-state index in [-0.39, 0.29) is 5.69 Å². The maximum Gasteiger partial charge on any atom is 0.297 e. The SMILES string of the molecule is CNc1ccc([N+](=O)[O-])c(-c2ccnn2C)n1. The van der Waals surface area contributed by atoms with Gasteiger partial charge in [-0.15, -0.1) is 0 Å². The molecular formula is C10H11N5O2. The minimum atomic E-state index is -0.450. The molecule has 1 N–H and O–H groups in total. The number of aromatic nitrogens is 3. The van der Waals surface area contributed by atoms with Crippen molar-refractivity contribution >= 4 is 11.5 Å². The van der Waals surface area contributed by atoms with Crippen molar-refractivity contribution in [2.75, 3.05) is 12.4 Å². The van der Waals surface area contributed by atoms with Gasteiger partial charge in [-0.05, 0) is 12.1 Å². The Balaban J connectivity index is 2.65. The first kappa shape index (κ1) is 11.1. The Kier molecular flexibility index (Phi) is 2.73. The number of aryl methyl sites for hydroxylation is 1. The molecule has 0 saturated carbocycles. The molecule has 7 heteroatoms. The van der Waals surface area contributed by atoms with Gasteiger partial charge in [0.05, 0.1) is 10.6 Å². The quantitative estimate of drug-likeness (QED) is 0.640. The molecule has 17 heavy (non-hydrogen) atoms. The van der Waals surface area contributed by atoms with Crippen molar-refractivity contribution in [1.29, 1.82) is 0 Å². The van der Waals surface area contributed by atoms with Crippen molar-refractivity contribution in [2.45, 2.75) is 0 Å². The van der Waals surface area contributed by atoms with Gasteiger partial charge in [0.2, 0.25) is 0 Å². The number of rotatable bonds is 3. The summed E-state index contributed by atoms with van der Waals surface area (Å²) in [4.78, 5) is 14.7. The van der Waals surface area contributed by atoms with Gasteiger partial charge >= 0.3 is 0 Å². The summed E-state index contributed by atoms with van der Waals surface area (Å²) in [6, 6.07) is 4.69. The van der Waals surface area contributed by atoms with Crippen LogP contribution >= 0.6 is 0 Å². The zero-order valence-corrected chi connectivity index (χ0v) is 9.41. The Morgan fingerprint density at radius 1 is 1.41 bits per heavy atom. The molecule has 7 nitrogen and oxygen atoms in total. The monoisotopic (exact) mass is 233 g/mol. The van der Waals surface area contributed by atoms with Gasteiger partial charge in [0.1, 0.15) is 5.82 Å². The van der Waals surface area contributed by atoms with E-state index in [1.165, 1.54) is 6.07 Å². The first-order chi connectivity index (χ1) is 8.13. The van der Waals surface area contributed by atoms with Crippen LogP contribution in [0.4, 0.5) is 11.5 Å². The van der Waals surface area contributed by atoms with Gasteiger partial charge in [-0.3, -0.25) is 14.8 Å². The van der Waals surface area contributed by atoms with Crippen LogP contribution in [-0.2, 0) is 7.05 Å². The van der Waals surface area contributed by atoms with Gasteiger partial charge in [-0.2, -0.15) is 5.10 Å². The first-order valence-electron chi connectivity index (χ1n) is 4.95. The van der Waals surface area contributed by atoms with E-state index in [1.54, 1.807) is 37.1 Å². The van der Waals surface area contributed by atoms with Gasteiger partial charge in [0, 0.05) is 26.4 Å². The fourth-order valence-corrected chi connectivity index (χ4v) is 1.53. The maximum atomic E-state index is 10.9. The summed E-state index contributed by atoms with van der Waals surface area (Å²) in [7, 11) is 3.42. The number of pyridine rings is 1. The number of nitrogens with zero attached hydrogens (tertiary/aromatic N) is 4. The molecule has 2 aromatic rings. The number of nitro groups is 1. The highest BCUT2D eigenvalue weighted by Crippen LogP contribution is 2.28. The predicted octanol–water partition coefficient (Wildman–Crippen LogP) is 1.43. The molecule has 0 unspecified atom stereocenters. The van der Waals surface area contributed by atoms with Crippen molar-refractivity contribution in [3.05, 3.63) is 34.5 Å². The molecule has 0 radical (unpaired) electrons. The van der Waals surface area contributed by atoms with Crippen molar-refractivity contribution < 1.29 is 4.92 Å².